The second-order valence-electron chi connectivity index (χ2n) is 4.82. The first-order chi connectivity index (χ1) is 11.7. The molecule has 0 aliphatic heterocycles. The van der Waals surface area contributed by atoms with Crippen molar-refractivity contribution in [2.24, 2.45) is 0 Å². The number of fused-ring (bicyclic) bond motifs is 1. The van der Waals surface area contributed by atoms with Crippen LogP contribution in [-0.4, -0.2) is 13.4 Å². The van der Waals surface area contributed by atoms with E-state index in [1.807, 2.05) is 0 Å². The van der Waals surface area contributed by atoms with Gasteiger partial charge in [-0.25, -0.2) is 30.4 Å². The Balaban J connectivity index is 0.00000243. The van der Waals surface area contributed by atoms with E-state index in [0.29, 0.717) is 5.39 Å². The Hall–Kier alpha value is -2.13. The van der Waals surface area contributed by atoms with Crippen molar-refractivity contribution in [3.05, 3.63) is 70.3 Å². The second-order valence-corrected chi connectivity index (χ2v) is 6.36. The van der Waals surface area contributed by atoms with Crippen LogP contribution < -0.4 is 0 Å². The van der Waals surface area contributed by atoms with Crippen LogP contribution in [0.2, 0.25) is 0 Å². The van der Waals surface area contributed by atoms with Crippen molar-refractivity contribution in [3.8, 4) is 0 Å². The Labute approximate surface area is 156 Å². The third-order valence-electron chi connectivity index (χ3n) is 3.26. The van der Waals surface area contributed by atoms with E-state index in [4.69, 9.17) is 0 Å². The number of rotatable bonds is 3. The Morgan fingerprint density at radius 1 is 0.808 bits per heavy atom. The molecule has 0 saturated heterocycles. The molecule has 0 amide bonds. The van der Waals surface area contributed by atoms with Gasteiger partial charge >= 0.3 is 0 Å². The van der Waals surface area contributed by atoms with Crippen LogP contribution in [0.15, 0.2) is 41.4 Å². The van der Waals surface area contributed by atoms with Crippen LogP contribution >= 0.6 is 0 Å². The van der Waals surface area contributed by atoms with E-state index in [-0.39, 0.29) is 30.7 Å². The first kappa shape index (κ1) is 20.2. The van der Waals surface area contributed by atoms with Crippen molar-refractivity contribution >= 4 is 26.6 Å². The summed E-state index contributed by atoms with van der Waals surface area (Å²) in [6.07, 6.45) is 1.33. The molecule has 1 heterocycles. The van der Waals surface area contributed by atoms with Crippen LogP contribution in [0.1, 0.15) is 0 Å². The molecule has 0 radical (unpaired) electrons. The van der Waals surface area contributed by atoms with Gasteiger partial charge in [-0.15, -0.1) is 5.69 Å². The molecule has 11 heteroatoms. The molecular formula is C15H6F5N2O2SZn-. The van der Waals surface area contributed by atoms with E-state index in [0.717, 1.165) is 0 Å². The van der Waals surface area contributed by atoms with Crippen molar-refractivity contribution in [2.75, 3.05) is 0 Å². The Bertz CT molecular complexity index is 1070. The maximum Gasteiger partial charge on any atom is 0.200 e. The summed E-state index contributed by atoms with van der Waals surface area (Å²) in [5.74, 6) is -12.2. The van der Waals surface area contributed by atoms with Crippen LogP contribution in [0.4, 0.5) is 27.6 Å². The molecule has 0 N–H and O–H groups in total. The fraction of sp³-hybridized carbons (Fsp3) is 0. The number of sulfonamides is 1. The molecule has 26 heavy (non-hydrogen) atoms. The Morgan fingerprint density at radius 3 is 1.96 bits per heavy atom. The van der Waals surface area contributed by atoms with Gasteiger partial charge in [-0.1, -0.05) is 24.3 Å². The monoisotopic (exact) mass is 437 g/mol. The third kappa shape index (κ3) is 3.28. The summed E-state index contributed by atoms with van der Waals surface area (Å²) in [5.41, 5.74) is -0.223. The van der Waals surface area contributed by atoms with E-state index < -0.39 is 44.0 Å². The molecule has 2 aromatic carbocycles. The van der Waals surface area contributed by atoms with Gasteiger partial charge in [-0.05, 0) is 11.5 Å². The van der Waals surface area contributed by atoms with Crippen molar-refractivity contribution in [1.82, 2.24) is 4.98 Å². The maximum atomic E-state index is 13.7. The van der Waals surface area contributed by atoms with E-state index in [2.05, 4.69) is 9.71 Å². The number of para-hydroxylation sites is 1. The number of hydrogen-bond donors (Lipinski definition) is 0. The van der Waals surface area contributed by atoms with Crippen LogP contribution in [0, 0.1) is 29.1 Å². The topological polar surface area (TPSA) is 61.1 Å². The number of hydrogen-bond acceptors (Lipinski definition) is 3. The molecule has 0 unspecified atom stereocenters. The quantitative estimate of drug-likeness (QED) is 0.265. The summed E-state index contributed by atoms with van der Waals surface area (Å²) in [5, 5.41) is 0.469. The molecule has 0 aliphatic rings. The van der Waals surface area contributed by atoms with Crippen molar-refractivity contribution in [1.29, 1.82) is 0 Å². The predicted octanol–water partition coefficient (Wildman–Crippen LogP) is 4.32. The number of nitrogens with zero attached hydrogens (tertiary/aromatic N) is 2. The summed E-state index contributed by atoms with van der Waals surface area (Å²) in [6.45, 7) is 0. The minimum atomic E-state index is -5.24. The van der Waals surface area contributed by atoms with Crippen LogP contribution in [0.3, 0.4) is 0 Å². The molecule has 1 aromatic heterocycles. The van der Waals surface area contributed by atoms with Gasteiger partial charge < -0.3 is 4.72 Å². The third-order valence-corrected chi connectivity index (χ3v) is 4.57. The number of halogens is 5. The fourth-order valence-electron chi connectivity index (χ4n) is 2.15. The SMILES string of the molecule is O=S(=O)([N-]c1cccc2cccnc12)c1c(F)c(F)c(F)c(F)c1F.[Zn]. The fourth-order valence-corrected chi connectivity index (χ4v) is 3.28. The van der Waals surface area contributed by atoms with Crippen LogP contribution in [0.25, 0.3) is 15.6 Å². The van der Waals surface area contributed by atoms with Gasteiger partial charge in [-0.3, -0.25) is 4.98 Å². The largest absolute Gasteiger partial charge is 0.571 e. The summed E-state index contributed by atoms with van der Waals surface area (Å²) in [4.78, 5) is 1.88. The average molecular weight is 439 g/mol. The van der Waals surface area contributed by atoms with Gasteiger partial charge in [0.2, 0.25) is 5.82 Å². The number of aromatic nitrogens is 1. The smallest absolute Gasteiger partial charge is 0.200 e. The summed E-state index contributed by atoms with van der Waals surface area (Å²) in [7, 11) is -5.24. The molecule has 3 aromatic rings. The molecule has 4 nitrogen and oxygen atoms in total. The van der Waals surface area contributed by atoms with Crippen molar-refractivity contribution in [2.45, 2.75) is 4.90 Å². The van der Waals surface area contributed by atoms with Gasteiger partial charge in [-0.2, -0.15) is 0 Å². The van der Waals surface area contributed by atoms with Gasteiger partial charge in [0.15, 0.2) is 23.3 Å². The zero-order valence-electron chi connectivity index (χ0n) is 12.7. The van der Waals surface area contributed by atoms with E-state index in [1.54, 1.807) is 18.2 Å². The molecular weight excluding hydrogens is 433 g/mol. The second kappa shape index (κ2) is 7.24. The average Bonchev–Trinajstić information content (AvgIpc) is 2.58. The predicted molar refractivity (Wildman–Crippen MR) is 78.2 cm³/mol. The molecule has 0 bridgehead atoms. The van der Waals surface area contributed by atoms with Gasteiger partial charge in [0.1, 0.15) is 14.9 Å². The molecule has 3 rings (SSSR count). The van der Waals surface area contributed by atoms with Crippen LogP contribution in [0.5, 0.6) is 0 Å². The Kier molecular flexibility index (Phi) is 5.62. The molecule has 132 valence electrons. The Morgan fingerprint density at radius 2 is 1.35 bits per heavy atom. The van der Waals surface area contributed by atoms with E-state index in [1.165, 1.54) is 18.3 Å². The van der Waals surface area contributed by atoms with Crippen molar-refractivity contribution in [3.63, 3.8) is 0 Å². The molecule has 0 saturated carbocycles. The van der Waals surface area contributed by atoms with E-state index in [9.17, 15) is 30.4 Å². The molecule has 0 atom stereocenters. The summed E-state index contributed by atoms with van der Waals surface area (Å²) >= 11 is 0. The first-order valence-corrected chi connectivity index (χ1v) is 8.01. The van der Waals surface area contributed by atoms with Gasteiger partial charge in [0, 0.05) is 25.7 Å². The van der Waals surface area contributed by atoms with Gasteiger partial charge in [0.25, 0.3) is 0 Å². The molecule has 0 fully saturated rings. The zero-order chi connectivity index (χ0) is 18.4. The number of benzene rings is 2. The summed E-state index contributed by atoms with van der Waals surface area (Å²) < 4.78 is 94.6. The summed E-state index contributed by atoms with van der Waals surface area (Å²) in [6, 6.07) is 7.29. The molecule has 0 spiro atoms. The zero-order valence-corrected chi connectivity index (χ0v) is 16.5. The number of pyridine rings is 1. The minimum absolute atomic E-state index is 0. The molecule has 0 aliphatic carbocycles. The van der Waals surface area contributed by atoms with Crippen molar-refractivity contribution < 1.29 is 49.8 Å². The normalized spacial score (nSPS) is 11.3. The van der Waals surface area contributed by atoms with E-state index >= 15 is 0 Å². The first-order valence-electron chi connectivity index (χ1n) is 6.57. The van der Waals surface area contributed by atoms with Crippen LogP contribution in [-0.2, 0) is 29.5 Å². The standard InChI is InChI=1S/C15H6F5N2O2S.Zn/c16-9-10(17)12(19)15(13(20)11(9)18)25(23,24)22-8-5-1-3-7-4-2-6-21-14(7)8;/h1-6H;/q-1;. The maximum absolute atomic E-state index is 13.7. The van der Waals surface area contributed by atoms with Gasteiger partial charge in [0.05, 0.1) is 5.52 Å². The minimum Gasteiger partial charge on any atom is -0.571 e.